The van der Waals surface area contributed by atoms with E-state index in [2.05, 4.69) is 27.7 Å². The molecule has 0 amide bonds. The summed E-state index contributed by atoms with van der Waals surface area (Å²) in [5.74, 6) is 1.84. The number of ketones is 1. The predicted molar refractivity (Wildman–Crippen MR) is 53.1 cm³/mol. The first kappa shape index (κ1) is 11.7. The molecule has 0 heterocycles. The Morgan fingerprint density at radius 1 is 1.17 bits per heavy atom. The molecule has 0 rings (SSSR count). The third-order valence-corrected chi connectivity index (χ3v) is 3.19. The van der Waals surface area contributed by atoms with E-state index < -0.39 is 0 Å². The lowest BCUT2D eigenvalue weighted by Crippen LogP contribution is -2.23. The van der Waals surface area contributed by atoms with Crippen molar-refractivity contribution >= 4 is 5.78 Å². The van der Waals surface area contributed by atoms with Gasteiger partial charge in [-0.15, -0.1) is 0 Å². The fraction of sp³-hybridized carbons (Fsp3) is 0.909. The van der Waals surface area contributed by atoms with Crippen molar-refractivity contribution in [2.24, 2.45) is 17.8 Å². The fourth-order valence-corrected chi connectivity index (χ4v) is 1.48. The molecule has 1 heteroatoms. The van der Waals surface area contributed by atoms with Crippen molar-refractivity contribution in [3.8, 4) is 0 Å². The van der Waals surface area contributed by atoms with Crippen molar-refractivity contribution in [3.63, 3.8) is 0 Å². The summed E-state index contributed by atoms with van der Waals surface area (Å²) in [5.41, 5.74) is 0. The lowest BCUT2D eigenvalue weighted by atomic mass is 9.81. The molecule has 0 spiro atoms. The van der Waals surface area contributed by atoms with E-state index in [1.165, 1.54) is 6.42 Å². The summed E-state index contributed by atoms with van der Waals surface area (Å²) in [6.07, 6.45) is 1.85. The molecule has 0 aromatic rings. The highest BCUT2D eigenvalue weighted by atomic mass is 16.1. The number of carbonyl (C=O) groups excluding carboxylic acids is 1. The van der Waals surface area contributed by atoms with E-state index in [-0.39, 0.29) is 5.92 Å². The summed E-state index contributed by atoms with van der Waals surface area (Å²) in [4.78, 5) is 11.4. The van der Waals surface area contributed by atoms with E-state index in [1.807, 2.05) is 6.92 Å². The van der Waals surface area contributed by atoms with Crippen LogP contribution in [0.3, 0.4) is 0 Å². The zero-order chi connectivity index (χ0) is 9.72. The topological polar surface area (TPSA) is 17.1 Å². The number of carbonyl (C=O) groups is 1. The smallest absolute Gasteiger partial charge is 0.135 e. The fourth-order valence-electron chi connectivity index (χ4n) is 1.48. The Kier molecular flexibility index (Phi) is 5.19. The van der Waals surface area contributed by atoms with Crippen LogP contribution in [0, 0.1) is 17.8 Å². The van der Waals surface area contributed by atoms with Gasteiger partial charge < -0.3 is 0 Å². The molecule has 0 radical (unpaired) electrons. The molecule has 12 heavy (non-hydrogen) atoms. The monoisotopic (exact) mass is 170 g/mol. The standard InChI is InChI=1S/C11H22O/c1-6-8(3)9(4)10(5)11(12)7-2/h8-10H,6-7H2,1-5H3. The lowest BCUT2D eigenvalue weighted by Gasteiger charge is -2.23. The SMILES string of the molecule is CCC(=O)C(C)C(C)C(C)CC. The number of rotatable bonds is 5. The molecule has 0 aliphatic heterocycles. The average Bonchev–Trinajstić information content (AvgIpc) is 2.12. The van der Waals surface area contributed by atoms with Gasteiger partial charge in [-0.25, -0.2) is 0 Å². The summed E-state index contributed by atoms with van der Waals surface area (Å²) >= 11 is 0. The number of hydrogen-bond donors (Lipinski definition) is 0. The van der Waals surface area contributed by atoms with Crippen molar-refractivity contribution in [2.45, 2.75) is 47.5 Å². The van der Waals surface area contributed by atoms with E-state index >= 15 is 0 Å². The molecular weight excluding hydrogens is 148 g/mol. The van der Waals surface area contributed by atoms with Crippen molar-refractivity contribution in [1.29, 1.82) is 0 Å². The summed E-state index contributed by atoms with van der Waals surface area (Å²) in [6, 6.07) is 0. The maximum Gasteiger partial charge on any atom is 0.135 e. The van der Waals surface area contributed by atoms with E-state index in [4.69, 9.17) is 0 Å². The molecule has 72 valence electrons. The molecule has 1 nitrogen and oxygen atoms in total. The van der Waals surface area contributed by atoms with E-state index in [9.17, 15) is 4.79 Å². The maximum absolute atomic E-state index is 11.4. The molecule has 0 aliphatic carbocycles. The summed E-state index contributed by atoms with van der Waals surface area (Å²) < 4.78 is 0. The van der Waals surface area contributed by atoms with Crippen LogP contribution in [-0.2, 0) is 4.79 Å². The van der Waals surface area contributed by atoms with Crippen molar-refractivity contribution < 1.29 is 4.79 Å². The molecule has 0 aromatic heterocycles. The minimum absolute atomic E-state index is 0.241. The van der Waals surface area contributed by atoms with E-state index in [0.717, 1.165) is 0 Å². The third kappa shape index (κ3) is 2.96. The largest absolute Gasteiger partial charge is 0.299 e. The highest BCUT2D eigenvalue weighted by molar-refractivity contribution is 5.80. The van der Waals surface area contributed by atoms with Crippen LogP contribution in [0.15, 0.2) is 0 Å². The second-order valence-corrected chi connectivity index (χ2v) is 3.85. The Balaban J connectivity index is 4.08. The van der Waals surface area contributed by atoms with Crippen LogP contribution in [-0.4, -0.2) is 5.78 Å². The van der Waals surface area contributed by atoms with Crippen molar-refractivity contribution in [2.75, 3.05) is 0 Å². The molecule has 0 saturated carbocycles. The van der Waals surface area contributed by atoms with Gasteiger partial charge in [0.25, 0.3) is 0 Å². The number of Topliss-reactive ketones (excluding diaryl/α,β-unsaturated/α-hetero) is 1. The summed E-state index contributed by atoms with van der Waals surface area (Å²) in [7, 11) is 0. The van der Waals surface area contributed by atoms with E-state index in [1.54, 1.807) is 0 Å². The molecule has 0 aromatic carbocycles. The first-order valence-electron chi connectivity index (χ1n) is 5.07. The quantitative estimate of drug-likeness (QED) is 0.619. The van der Waals surface area contributed by atoms with Gasteiger partial charge in [-0.3, -0.25) is 4.79 Å². The molecule has 0 saturated heterocycles. The van der Waals surface area contributed by atoms with Gasteiger partial charge in [0.1, 0.15) is 5.78 Å². The van der Waals surface area contributed by atoms with Gasteiger partial charge in [-0.05, 0) is 11.8 Å². The van der Waals surface area contributed by atoms with Gasteiger partial charge in [0.15, 0.2) is 0 Å². The second kappa shape index (κ2) is 5.34. The molecule has 0 fully saturated rings. The zero-order valence-corrected chi connectivity index (χ0v) is 9.05. The van der Waals surface area contributed by atoms with Gasteiger partial charge in [0.05, 0.1) is 0 Å². The van der Waals surface area contributed by atoms with Gasteiger partial charge >= 0.3 is 0 Å². The lowest BCUT2D eigenvalue weighted by molar-refractivity contribution is -0.124. The molecule has 3 atom stereocenters. The van der Waals surface area contributed by atoms with Crippen LogP contribution in [0.4, 0.5) is 0 Å². The van der Waals surface area contributed by atoms with Crippen LogP contribution >= 0.6 is 0 Å². The maximum atomic E-state index is 11.4. The predicted octanol–water partition coefficient (Wildman–Crippen LogP) is 3.28. The van der Waals surface area contributed by atoms with E-state index in [0.29, 0.717) is 24.0 Å². The molecule has 3 unspecified atom stereocenters. The average molecular weight is 170 g/mol. The Morgan fingerprint density at radius 3 is 2.00 bits per heavy atom. The van der Waals surface area contributed by atoms with Crippen molar-refractivity contribution in [1.82, 2.24) is 0 Å². The highest BCUT2D eigenvalue weighted by Gasteiger charge is 2.22. The number of hydrogen-bond acceptors (Lipinski definition) is 1. The first-order valence-corrected chi connectivity index (χ1v) is 5.07. The van der Waals surface area contributed by atoms with Gasteiger partial charge in [0, 0.05) is 12.3 Å². The zero-order valence-electron chi connectivity index (χ0n) is 9.05. The minimum Gasteiger partial charge on any atom is -0.299 e. The molecule has 0 N–H and O–H groups in total. The molecule has 0 aliphatic rings. The highest BCUT2D eigenvalue weighted by Crippen LogP contribution is 2.24. The van der Waals surface area contributed by atoms with Crippen LogP contribution in [0.1, 0.15) is 47.5 Å². The minimum atomic E-state index is 0.241. The van der Waals surface area contributed by atoms with Crippen LogP contribution in [0.2, 0.25) is 0 Å². The van der Waals surface area contributed by atoms with Crippen LogP contribution < -0.4 is 0 Å². The third-order valence-electron chi connectivity index (χ3n) is 3.19. The summed E-state index contributed by atoms with van der Waals surface area (Å²) in [6.45, 7) is 10.6. The second-order valence-electron chi connectivity index (χ2n) is 3.85. The van der Waals surface area contributed by atoms with Gasteiger partial charge in [-0.1, -0.05) is 41.0 Å². The Bertz CT molecular complexity index is 140. The van der Waals surface area contributed by atoms with Gasteiger partial charge in [0.2, 0.25) is 0 Å². The summed E-state index contributed by atoms with van der Waals surface area (Å²) in [5, 5.41) is 0. The van der Waals surface area contributed by atoms with Crippen LogP contribution in [0.25, 0.3) is 0 Å². The first-order chi connectivity index (χ1) is 5.54. The normalized spacial score (nSPS) is 18.4. The van der Waals surface area contributed by atoms with Gasteiger partial charge in [-0.2, -0.15) is 0 Å². The Labute approximate surface area is 76.6 Å². The molecular formula is C11H22O. The Hall–Kier alpha value is -0.330. The van der Waals surface area contributed by atoms with Crippen molar-refractivity contribution in [3.05, 3.63) is 0 Å². The Morgan fingerprint density at radius 2 is 1.67 bits per heavy atom. The molecule has 0 bridgehead atoms. The van der Waals surface area contributed by atoms with Crippen LogP contribution in [0.5, 0.6) is 0 Å².